The van der Waals surface area contributed by atoms with Crippen LogP contribution in [0.4, 0.5) is 5.69 Å². The van der Waals surface area contributed by atoms with E-state index in [9.17, 15) is 4.79 Å². The summed E-state index contributed by atoms with van der Waals surface area (Å²) >= 11 is 0. The van der Waals surface area contributed by atoms with E-state index in [2.05, 4.69) is 20.5 Å². The Morgan fingerprint density at radius 1 is 1.16 bits per heavy atom. The molecule has 0 bridgehead atoms. The van der Waals surface area contributed by atoms with Crippen molar-refractivity contribution in [3.05, 3.63) is 48.5 Å². The monoisotopic (exact) mass is 340 g/mol. The number of imidazole rings is 1. The number of para-hydroxylation sites is 1. The number of carbonyl (C=O) groups is 1. The predicted octanol–water partition coefficient (Wildman–Crippen LogP) is 2.20. The SMILES string of the molecule is O=C(c1ccccc1N1CCOCC1)N1CCC[C@H](n2ccnc2)C1. The van der Waals surface area contributed by atoms with E-state index in [0.29, 0.717) is 6.04 Å². The number of morpholine rings is 1. The molecule has 0 N–H and O–H groups in total. The average molecular weight is 340 g/mol. The minimum absolute atomic E-state index is 0.131. The summed E-state index contributed by atoms with van der Waals surface area (Å²) in [6.45, 7) is 4.67. The second-order valence-electron chi connectivity index (χ2n) is 6.67. The molecule has 4 rings (SSSR count). The van der Waals surface area contributed by atoms with Crippen LogP contribution in [0.15, 0.2) is 43.0 Å². The van der Waals surface area contributed by atoms with E-state index in [1.807, 2.05) is 35.6 Å². The molecule has 3 heterocycles. The van der Waals surface area contributed by atoms with Gasteiger partial charge < -0.3 is 19.1 Å². The van der Waals surface area contributed by atoms with Gasteiger partial charge in [0.1, 0.15) is 0 Å². The molecule has 1 aromatic heterocycles. The van der Waals surface area contributed by atoms with E-state index in [1.165, 1.54) is 0 Å². The average Bonchev–Trinajstić information content (AvgIpc) is 3.23. The Balaban J connectivity index is 1.54. The van der Waals surface area contributed by atoms with Crippen LogP contribution < -0.4 is 4.90 Å². The van der Waals surface area contributed by atoms with Gasteiger partial charge in [0, 0.05) is 44.3 Å². The zero-order valence-electron chi connectivity index (χ0n) is 14.4. The van der Waals surface area contributed by atoms with Crippen LogP contribution in [0, 0.1) is 0 Å². The molecule has 0 saturated carbocycles. The molecule has 0 aliphatic carbocycles. The second kappa shape index (κ2) is 7.27. The third kappa shape index (κ3) is 3.39. The first kappa shape index (κ1) is 16.1. The fourth-order valence-electron chi connectivity index (χ4n) is 3.77. The third-order valence-electron chi connectivity index (χ3n) is 5.12. The van der Waals surface area contributed by atoms with Crippen molar-refractivity contribution in [3.63, 3.8) is 0 Å². The molecule has 1 amide bonds. The molecule has 6 nitrogen and oxygen atoms in total. The van der Waals surface area contributed by atoms with Gasteiger partial charge in [-0.3, -0.25) is 4.79 Å². The molecule has 132 valence electrons. The van der Waals surface area contributed by atoms with Crippen molar-refractivity contribution in [3.8, 4) is 0 Å². The maximum absolute atomic E-state index is 13.2. The van der Waals surface area contributed by atoms with E-state index in [0.717, 1.165) is 63.5 Å². The summed E-state index contributed by atoms with van der Waals surface area (Å²) < 4.78 is 7.57. The van der Waals surface area contributed by atoms with Crippen molar-refractivity contribution in [2.45, 2.75) is 18.9 Å². The minimum atomic E-state index is 0.131. The molecule has 2 aliphatic rings. The highest BCUT2D eigenvalue weighted by Gasteiger charge is 2.27. The quantitative estimate of drug-likeness (QED) is 0.859. The van der Waals surface area contributed by atoms with Gasteiger partial charge in [-0.15, -0.1) is 0 Å². The number of piperidine rings is 1. The number of hydrogen-bond acceptors (Lipinski definition) is 4. The number of aromatic nitrogens is 2. The zero-order chi connectivity index (χ0) is 17.1. The number of benzene rings is 1. The minimum Gasteiger partial charge on any atom is -0.378 e. The van der Waals surface area contributed by atoms with Crippen LogP contribution in [0.1, 0.15) is 29.2 Å². The Hall–Kier alpha value is -2.34. The molecule has 0 radical (unpaired) electrons. The van der Waals surface area contributed by atoms with Crippen molar-refractivity contribution >= 4 is 11.6 Å². The fourth-order valence-corrected chi connectivity index (χ4v) is 3.77. The highest BCUT2D eigenvalue weighted by atomic mass is 16.5. The summed E-state index contributed by atoms with van der Waals surface area (Å²) in [6, 6.07) is 8.28. The van der Waals surface area contributed by atoms with Crippen molar-refractivity contribution in [2.75, 3.05) is 44.3 Å². The standard InChI is InChI=1S/C19H24N4O2/c24-19(22-8-3-4-16(14-22)23-9-7-20-15-23)17-5-1-2-6-18(17)21-10-12-25-13-11-21/h1-2,5-7,9,15-16H,3-4,8,10-14H2/t16-/m0/s1. The van der Waals surface area contributed by atoms with E-state index in [-0.39, 0.29) is 5.91 Å². The molecule has 1 atom stereocenters. The molecular weight excluding hydrogens is 316 g/mol. The summed E-state index contributed by atoms with van der Waals surface area (Å²) in [6.07, 6.45) is 7.74. The lowest BCUT2D eigenvalue weighted by Crippen LogP contribution is -2.42. The number of carbonyl (C=O) groups excluding carboxylic acids is 1. The third-order valence-corrected chi connectivity index (χ3v) is 5.12. The normalized spacial score (nSPS) is 21.4. The molecule has 6 heteroatoms. The molecule has 2 aromatic rings. The van der Waals surface area contributed by atoms with E-state index >= 15 is 0 Å². The van der Waals surface area contributed by atoms with Gasteiger partial charge in [0.25, 0.3) is 5.91 Å². The number of amides is 1. The van der Waals surface area contributed by atoms with Crippen molar-refractivity contribution in [2.24, 2.45) is 0 Å². The topological polar surface area (TPSA) is 50.6 Å². The van der Waals surface area contributed by atoms with Crippen LogP contribution in [0.2, 0.25) is 0 Å². The van der Waals surface area contributed by atoms with Crippen LogP contribution in [-0.2, 0) is 4.74 Å². The first-order valence-corrected chi connectivity index (χ1v) is 9.01. The Bertz CT molecular complexity index is 710. The number of rotatable bonds is 3. The van der Waals surface area contributed by atoms with Crippen LogP contribution in [0.3, 0.4) is 0 Å². The number of nitrogens with zero attached hydrogens (tertiary/aromatic N) is 4. The van der Waals surface area contributed by atoms with Crippen LogP contribution in [0.5, 0.6) is 0 Å². The van der Waals surface area contributed by atoms with Gasteiger partial charge >= 0.3 is 0 Å². The fraction of sp³-hybridized carbons (Fsp3) is 0.474. The number of ether oxygens (including phenoxy) is 1. The molecule has 1 aromatic carbocycles. The molecule has 0 unspecified atom stereocenters. The Morgan fingerprint density at radius 3 is 2.80 bits per heavy atom. The predicted molar refractivity (Wildman–Crippen MR) is 95.9 cm³/mol. The van der Waals surface area contributed by atoms with Crippen LogP contribution >= 0.6 is 0 Å². The summed E-state index contributed by atoms with van der Waals surface area (Å²) in [4.78, 5) is 21.6. The van der Waals surface area contributed by atoms with Crippen molar-refractivity contribution < 1.29 is 9.53 Å². The molecule has 2 fully saturated rings. The lowest BCUT2D eigenvalue weighted by atomic mass is 10.0. The Kier molecular flexibility index (Phi) is 4.70. The molecule has 2 saturated heterocycles. The Labute approximate surface area is 148 Å². The summed E-state index contributed by atoms with van der Waals surface area (Å²) in [5.41, 5.74) is 1.83. The van der Waals surface area contributed by atoms with E-state index < -0.39 is 0 Å². The first-order chi connectivity index (χ1) is 12.3. The number of hydrogen-bond donors (Lipinski definition) is 0. The van der Waals surface area contributed by atoms with Gasteiger partial charge in [-0.25, -0.2) is 4.98 Å². The largest absolute Gasteiger partial charge is 0.378 e. The van der Waals surface area contributed by atoms with Gasteiger partial charge in [0.15, 0.2) is 0 Å². The number of anilines is 1. The van der Waals surface area contributed by atoms with Gasteiger partial charge in [-0.1, -0.05) is 12.1 Å². The molecule has 0 spiro atoms. The smallest absolute Gasteiger partial charge is 0.256 e. The number of likely N-dealkylation sites (tertiary alicyclic amines) is 1. The van der Waals surface area contributed by atoms with Crippen LogP contribution in [-0.4, -0.2) is 59.8 Å². The van der Waals surface area contributed by atoms with Gasteiger partial charge in [-0.05, 0) is 25.0 Å². The molecule has 25 heavy (non-hydrogen) atoms. The van der Waals surface area contributed by atoms with Crippen LogP contribution in [0.25, 0.3) is 0 Å². The summed E-state index contributed by atoms with van der Waals surface area (Å²) in [7, 11) is 0. The van der Waals surface area contributed by atoms with E-state index in [1.54, 1.807) is 6.20 Å². The van der Waals surface area contributed by atoms with Gasteiger partial charge in [0.05, 0.1) is 31.1 Å². The lowest BCUT2D eigenvalue weighted by Gasteiger charge is -2.35. The first-order valence-electron chi connectivity index (χ1n) is 9.01. The highest BCUT2D eigenvalue weighted by molar-refractivity contribution is 6.00. The highest BCUT2D eigenvalue weighted by Crippen LogP contribution is 2.27. The summed E-state index contributed by atoms with van der Waals surface area (Å²) in [5, 5.41) is 0. The maximum atomic E-state index is 13.2. The zero-order valence-corrected chi connectivity index (χ0v) is 14.4. The van der Waals surface area contributed by atoms with Crippen molar-refractivity contribution in [1.82, 2.24) is 14.5 Å². The maximum Gasteiger partial charge on any atom is 0.256 e. The molecule has 2 aliphatic heterocycles. The van der Waals surface area contributed by atoms with Gasteiger partial charge in [0.2, 0.25) is 0 Å². The lowest BCUT2D eigenvalue weighted by molar-refractivity contribution is 0.0679. The van der Waals surface area contributed by atoms with E-state index in [4.69, 9.17) is 4.74 Å². The second-order valence-corrected chi connectivity index (χ2v) is 6.67. The van der Waals surface area contributed by atoms with Gasteiger partial charge in [-0.2, -0.15) is 0 Å². The molecular formula is C19H24N4O2. The summed E-state index contributed by atoms with van der Waals surface area (Å²) in [5.74, 6) is 0.131. The Morgan fingerprint density at radius 2 is 2.00 bits per heavy atom. The van der Waals surface area contributed by atoms with Crippen molar-refractivity contribution in [1.29, 1.82) is 0 Å².